The normalized spacial score (nSPS) is 16.4. The highest BCUT2D eigenvalue weighted by Gasteiger charge is 2.43. The maximum atomic E-state index is 12.6. The number of nitrogens with two attached hydrogens (primary N) is 1. The summed E-state index contributed by atoms with van der Waals surface area (Å²) in [4.78, 5) is 0. The zero-order chi connectivity index (χ0) is 14.9. The van der Waals surface area contributed by atoms with Crippen LogP contribution in [0.25, 0.3) is 0 Å². The molecule has 0 amide bonds. The lowest BCUT2D eigenvalue weighted by Crippen LogP contribution is -2.39. The topological polar surface area (TPSA) is 67.8 Å². The van der Waals surface area contributed by atoms with Crippen LogP contribution in [-0.2, 0) is 4.74 Å². The lowest BCUT2D eigenvalue weighted by atomic mass is 10.0. The highest BCUT2D eigenvalue weighted by Crippen LogP contribution is 2.27. The smallest absolute Gasteiger partial charge is 0.401 e. The minimum atomic E-state index is -4.57. The minimum absolute atomic E-state index is 0.251. The van der Waals surface area contributed by atoms with Crippen molar-refractivity contribution in [2.24, 2.45) is 22.7 Å². The average molecular weight is 284 g/mol. The maximum Gasteiger partial charge on any atom is 0.401 e. The second-order valence-corrected chi connectivity index (χ2v) is 4.57. The molecule has 0 fully saturated rings. The molecule has 0 bridgehead atoms. The van der Waals surface area contributed by atoms with Gasteiger partial charge < -0.3 is 15.7 Å². The van der Waals surface area contributed by atoms with E-state index in [1.54, 1.807) is 0 Å². The summed E-state index contributed by atoms with van der Waals surface area (Å²) in [6.07, 6.45) is -0.689. The fourth-order valence-electron chi connectivity index (χ4n) is 1.67. The van der Waals surface area contributed by atoms with Crippen molar-refractivity contribution in [2.75, 3.05) is 13.2 Å². The standard InChI is InChI=1S/C12H23F3N2O2/c1-3-5-6-9(4-2)7-19-8-10(11(16)17-18)12(13,14)15/h9-10,18H,3-8H2,1-2H3,(H2,16,17). The van der Waals surface area contributed by atoms with Gasteiger partial charge in [-0.3, -0.25) is 0 Å². The molecule has 0 saturated heterocycles. The number of hydrogen-bond donors (Lipinski definition) is 2. The number of hydrogen-bond acceptors (Lipinski definition) is 3. The monoisotopic (exact) mass is 284 g/mol. The molecule has 0 heterocycles. The Morgan fingerprint density at radius 3 is 2.37 bits per heavy atom. The third-order valence-electron chi connectivity index (χ3n) is 3.05. The van der Waals surface area contributed by atoms with Crippen molar-refractivity contribution >= 4 is 5.84 Å². The Kier molecular flexibility index (Phi) is 8.54. The van der Waals surface area contributed by atoms with Crippen molar-refractivity contribution in [3.05, 3.63) is 0 Å². The molecule has 114 valence electrons. The average Bonchev–Trinajstić information content (AvgIpc) is 2.35. The molecule has 0 radical (unpaired) electrons. The van der Waals surface area contributed by atoms with E-state index in [-0.39, 0.29) is 12.5 Å². The van der Waals surface area contributed by atoms with E-state index in [9.17, 15) is 13.2 Å². The molecule has 0 aromatic carbocycles. The van der Waals surface area contributed by atoms with Crippen molar-refractivity contribution < 1.29 is 23.1 Å². The summed E-state index contributed by atoms with van der Waals surface area (Å²) in [5.74, 6) is -2.67. The number of halogens is 3. The molecule has 3 N–H and O–H groups in total. The van der Waals surface area contributed by atoms with Gasteiger partial charge in [-0.1, -0.05) is 38.3 Å². The quantitative estimate of drug-likeness (QED) is 0.296. The number of oxime groups is 1. The first-order valence-corrected chi connectivity index (χ1v) is 6.48. The van der Waals surface area contributed by atoms with E-state index in [0.717, 1.165) is 25.7 Å². The molecule has 0 aromatic rings. The van der Waals surface area contributed by atoms with Gasteiger partial charge in [0.1, 0.15) is 5.92 Å². The summed E-state index contributed by atoms with van der Waals surface area (Å²) in [6.45, 7) is 3.70. The van der Waals surface area contributed by atoms with Crippen LogP contribution in [0.15, 0.2) is 5.16 Å². The summed E-state index contributed by atoms with van der Waals surface area (Å²) in [7, 11) is 0. The van der Waals surface area contributed by atoms with Crippen LogP contribution in [0.4, 0.5) is 13.2 Å². The van der Waals surface area contributed by atoms with Crippen molar-refractivity contribution in [1.29, 1.82) is 0 Å². The summed E-state index contributed by atoms with van der Waals surface area (Å²) in [6, 6.07) is 0. The lowest BCUT2D eigenvalue weighted by Gasteiger charge is -2.21. The molecule has 0 spiro atoms. The van der Waals surface area contributed by atoms with E-state index in [1.807, 2.05) is 6.92 Å². The van der Waals surface area contributed by atoms with Gasteiger partial charge in [0.05, 0.1) is 6.61 Å². The second-order valence-electron chi connectivity index (χ2n) is 4.57. The summed E-state index contributed by atoms with van der Waals surface area (Å²) in [5, 5.41) is 10.8. The molecule has 19 heavy (non-hydrogen) atoms. The summed E-state index contributed by atoms with van der Waals surface area (Å²) in [5.41, 5.74) is 5.03. The Morgan fingerprint density at radius 2 is 1.95 bits per heavy atom. The number of amidine groups is 1. The fourth-order valence-corrected chi connectivity index (χ4v) is 1.67. The first kappa shape index (κ1) is 18.0. The summed E-state index contributed by atoms with van der Waals surface area (Å²) >= 11 is 0. The van der Waals surface area contributed by atoms with Gasteiger partial charge in [-0.15, -0.1) is 0 Å². The van der Waals surface area contributed by atoms with Gasteiger partial charge in [0.2, 0.25) is 0 Å². The molecule has 0 aliphatic heterocycles. The Balaban J connectivity index is 4.26. The van der Waals surface area contributed by atoms with Crippen LogP contribution in [0.3, 0.4) is 0 Å². The molecule has 0 aliphatic rings. The molecule has 0 saturated carbocycles. The largest absolute Gasteiger partial charge is 0.409 e. The van der Waals surface area contributed by atoms with Crippen molar-refractivity contribution in [3.63, 3.8) is 0 Å². The van der Waals surface area contributed by atoms with Gasteiger partial charge in [0.15, 0.2) is 5.84 Å². The third-order valence-corrected chi connectivity index (χ3v) is 3.05. The predicted molar refractivity (Wildman–Crippen MR) is 67.1 cm³/mol. The van der Waals surface area contributed by atoms with Crippen LogP contribution in [0, 0.1) is 11.8 Å². The predicted octanol–water partition coefficient (Wildman–Crippen LogP) is 3.14. The van der Waals surface area contributed by atoms with Crippen LogP contribution in [0.2, 0.25) is 0 Å². The fraction of sp³-hybridized carbons (Fsp3) is 0.917. The number of rotatable bonds is 9. The van der Waals surface area contributed by atoms with Crippen molar-refractivity contribution in [1.82, 2.24) is 0 Å². The third kappa shape index (κ3) is 7.25. The zero-order valence-corrected chi connectivity index (χ0v) is 11.4. The van der Waals surface area contributed by atoms with E-state index < -0.39 is 24.5 Å². The van der Waals surface area contributed by atoms with Crippen LogP contribution >= 0.6 is 0 Å². The highest BCUT2D eigenvalue weighted by molar-refractivity contribution is 5.83. The van der Waals surface area contributed by atoms with E-state index in [0.29, 0.717) is 0 Å². The van der Waals surface area contributed by atoms with Crippen LogP contribution in [0.5, 0.6) is 0 Å². The Hall–Kier alpha value is -0.980. The van der Waals surface area contributed by atoms with Crippen LogP contribution in [0.1, 0.15) is 39.5 Å². The molecule has 7 heteroatoms. The molecule has 0 aliphatic carbocycles. The lowest BCUT2D eigenvalue weighted by molar-refractivity contribution is -0.169. The Labute approximate surface area is 111 Å². The molecular formula is C12H23F3N2O2. The van der Waals surface area contributed by atoms with Crippen molar-refractivity contribution in [2.45, 2.75) is 45.7 Å². The van der Waals surface area contributed by atoms with Gasteiger partial charge in [0.25, 0.3) is 0 Å². The number of alkyl halides is 3. The van der Waals surface area contributed by atoms with Gasteiger partial charge in [0, 0.05) is 6.61 Å². The zero-order valence-electron chi connectivity index (χ0n) is 11.4. The maximum absolute atomic E-state index is 12.6. The van der Waals surface area contributed by atoms with E-state index >= 15 is 0 Å². The van der Waals surface area contributed by atoms with E-state index in [4.69, 9.17) is 15.7 Å². The second kappa shape index (κ2) is 9.01. The van der Waals surface area contributed by atoms with Crippen LogP contribution in [-0.4, -0.2) is 30.4 Å². The number of unbranched alkanes of at least 4 members (excludes halogenated alkanes) is 1. The van der Waals surface area contributed by atoms with Gasteiger partial charge in [-0.25, -0.2) is 0 Å². The summed E-state index contributed by atoms with van der Waals surface area (Å²) < 4.78 is 42.9. The highest BCUT2D eigenvalue weighted by atomic mass is 19.4. The first-order chi connectivity index (χ1) is 8.86. The molecule has 0 aromatic heterocycles. The molecule has 0 rings (SSSR count). The molecular weight excluding hydrogens is 261 g/mol. The van der Waals surface area contributed by atoms with Gasteiger partial charge in [-0.2, -0.15) is 13.2 Å². The molecule has 4 nitrogen and oxygen atoms in total. The van der Waals surface area contributed by atoms with Crippen LogP contribution < -0.4 is 5.73 Å². The molecule has 2 unspecified atom stereocenters. The number of ether oxygens (including phenoxy) is 1. The van der Waals surface area contributed by atoms with Gasteiger partial charge in [-0.05, 0) is 12.3 Å². The number of nitrogens with zero attached hydrogens (tertiary/aromatic N) is 1. The van der Waals surface area contributed by atoms with E-state index in [2.05, 4.69) is 12.1 Å². The van der Waals surface area contributed by atoms with E-state index in [1.165, 1.54) is 0 Å². The minimum Gasteiger partial charge on any atom is -0.409 e. The Bertz CT molecular complexity index is 270. The van der Waals surface area contributed by atoms with Gasteiger partial charge >= 0.3 is 6.18 Å². The Morgan fingerprint density at radius 1 is 1.32 bits per heavy atom. The first-order valence-electron chi connectivity index (χ1n) is 6.48. The van der Waals surface area contributed by atoms with Crippen molar-refractivity contribution in [3.8, 4) is 0 Å². The SMILES string of the molecule is CCCCC(CC)COCC(C(N)=NO)C(F)(F)F. The molecule has 2 atom stereocenters.